The zero-order valence-corrected chi connectivity index (χ0v) is 12.8. The minimum absolute atomic E-state index is 0.0113. The second-order valence-corrected chi connectivity index (χ2v) is 5.00. The normalized spacial score (nSPS) is 17.9. The van der Waals surface area contributed by atoms with Gasteiger partial charge in [-0.05, 0) is 43.5 Å². The van der Waals surface area contributed by atoms with E-state index in [9.17, 15) is 4.79 Å². The van der Waals surface area contributed by atoms with Crippen molar-refractivity contribution in [2.24, 2.45) is 0 Å². The zero-order chi connectivity index (χ0) is 15.2. The van der Waals surface area contributed by atoms with Gasteiger partial charge in [-0.1, -0.05) is 6.08 Å². The third-order valence-electron chi connectivity index (χ3n) is 3.67. The maximum Gasteiger partial charge on any atom is 0.274 e. The Bertz CT molecular complexity index is 511. The van der Waals surface area contributed by atoms with Crippen LogP contribution >= 0.6 is 0 Å². The molecule has 0 fully saturated rings. The minimum atomic E-state index is -0.0942. The van der Waals surface area contributed by atoms with Crippen molar-refractivity contribution in [2.75, 3.05) is 26.6 Å². The van der Waals surface area contributed by atoms with Crippen LogP contribution in [0.3, 0.4) is 0 Å². The summed E-state index contributed by atoms with van der Waals surface area (Å²) in [7, 11) is 4.76. The van der Waals surface area contributed by atoms with E-state index in [0.29, 0.717) is 0 Å². The summed E-state index contributed by atoms with van der Waals surface area (Å²) < 4.78 is 5.15. The second kappa shape index (κ2) is 7.13. The molecule has 1 aromatic carbocycles. The molecular weight excluding hydrogens is 268 g/mol. The average Bonchev–Trinajstić information content (AvgIpc) is 2.54. The number of anilines is 1. The first kappa shape index (κ1) is 15.4. The molecule has 0 heterocycles. The summed E-state index contributed by atoms with van der Waals surface area (Å²) in [6.45, 7) is 0. The van der Waals surface area contributed by atoms with Crippen LogP contribution in [0.4, 0.5) is 5.69 Å². The molecule has 21 heavy (non-hydrogen) atoms. The van der Waals surface area contributed by atoms with Gasteiger partial charge in [-0.2, -0.15) is 0 Å². The van der Waals surface area contributed by atoms with Gasteiger partial charge in [0.1, 0.15) is 5.75 Å². The van der Waals surface area contributed by atoms with Gasteiger partial charge in [-0.3, -0.25) is 9.63 Å². The lowest BCUT2D eigenvalue weighted by atomic mass is 9.93. The number of allylic oxidation sites excluding steroid dienone is 1. The Kier molecular flexibility index (Phi) is 5.22. The number of hydrogen-bond acceptors (Lipinski definition) is 4. The molecule has 0 saturated heterocycles. The van der Waals surface area contributed by atoms with Crippen molar-refractivity contribution in [2.45, 2.75) is 25.3 Å². The largest absolute Gasteiger partial charge is 0.497 e. The summed E-state index contributed by atoms with van der Waals surface area (Å²) in [5, 5.41) is 4.68. The Morgan fingerprint density at radius 3 is 2.62 bits per heavy atom. The fraction of sp³-hybridized carbons (Fsp3) is 0.438. The highest BCUT2D eigenvalue weighted by Gasteiger charge is 2.25. The van der Waals surface area contributed by atoms with Crippen LogP contribution in [0.5, 0.6) is 5.75 Å². The van der Waals surface area contributed by atoms with Crippen molar-refractivity contribution >= 4 is 11.6 Å². The predicted octanol–water partition coefficient (Wildman–Crippen LogP) is 2.61. The molecule has 2 rings (SSSR count). The molecule has 114 valence electrons. The van der Waals surface area contributed by atoms with Crippen LogP contribution < -0.4 is 10.1 Å². The molecular formula is C16H22N2O3. The predicted molar refractivity (Wildman–Crippen MR) is 82.1 cm³/mol. The van der Waals surface area contributed by atoms with Crippen LogP contribution in [-0.2, 0) is 9.63 Å². The van der Waals surface area contributed by atoms with Gasteiger partial charge in [0.15, 0.2) is 0 Å². The Labute approximate surface area is 125 Å². The average molecular weight is 290 g/mol. The first-order valence-electron chi connectivity index (χ1n) is 7.08. The number of carbonyl (C=O) groups excluding carboxylic acids is 1. The topological polar surface area (TPSA) is 50.8 Å². The van der Waals surface area contributed by atoms with Crippen molar-refractivity contribution in [1.29, 1.82) is 0 Å². The van der Waals surface area contributed by atoms with E-state index in [1.165, 1.54) is 12.2 Å². The van der Waals surface area contributed by atoms with E-state index < -0.39 is 0 Å². The number of likely N-dealkylation sites (N-methyl/N-ethyl adjacent to an activating group) is 1. The summed E-state index contributed by atoms with van der Waals surface area (Å²) in [6, 6.07) is 7.72. The van der Waals surface area contributed by atoms with E-state index in [0.717, 1.165) is 36.3 Å². The highest BCUT2D eigenvalue weighted by atomic mass is 16.7. The number of nitrogens with one attached hydrogen (secondary N) is 1. The van der Waals surface area contributed by atoms with Gasteiger partial charge in [0.25, 0.3) is 5.91 Å². The van der Waals surface area contributed by atoms with Crippen molar-refractivity contribution in [3.63, 3.8) is 0 Å². The van der Waals surface area contributed by atoms with Gasteiger partial charge < -0.3 is 10.1 Å². The molecule has 0 bridgehead atoms. The molecule has 0 radical (unpaired) electrons. The number of benzene rings is 1. The number of methoxy groups -OCH3 is 1. The van der Waals surface area contributed by atoms with Crippen LogP contribution in [0.25, 0.3) is 0 Å². The van der Waals surface area contributed by atoms with Crippen LogP contribution in [0, 0.1) is 0 Å². The van der Waals surface area contributed by atoms with Crippen LogP contribution in [0.15, 0.2) is 35.9 Å². The quantitative estimate of drug-likeness (QED) is 0.847. The lowest BCUT2D eigenvalue weighted by Crippen LogP contribution is -2.36. The Hall–Kier alpha value is -2.01. The maximum atomic E-state index is 12.3. The van der Waals surface area contributed by atoms with Crippen LogP contribution in [-0.4, -0.2) is 38.3 Å². The van der Waals surface area contributed by atoms with Gasteiger partial charge in [-0.25, -0.2) is 5.06 Å². The Morgan fingerprint density at radius 2 is 2.00 bits per heavy atom. The molecule has 0 unspecified atom stereocenters. The second-order valence-electron chi connectivity index (χ2n) is 5.00. The molecule has 1 atom stereocenters. The summed E-state index contributed by atoms with van der Waals surface area (Å²) in [5.41, 5.74) is 1.74. The summed E-state index contributed by atoms with van der Waals surface area (Å²) in [6.07, 6.45) is 4.93. The van der Waals surface area contributed by atoms with Crippen molar-refractivity contribution in [1.82, 2.24) is 5.06 Å². The van der Waals surface area contributed by atoms with Crippen LogP contribution in [0.2, 0.25) is 0 Å². The minimum Gasteiger partial charge on any atom is -0.497 e. The third kappa shape index (κ3) is 3.76. The summed E-state index contributed by atoms with van der Waals surface area (Å²) in [4.78, 5) is 17.3. The van der Waals surface area contributed by atoms with Crippen LogP contribution in [0.1, 0.15) is 19.3 Å². The van der Waals surface area contributed by atoms with E-state index in [-0.39, 0.29) is 11.9 Å². The van der Waals surface area contributed by atoms with Gasteiger partial charge in [0.05, 0.1) is 20.3 Å². The molecule has 0 aliphatic heterocycles. The zero-order valence-electron chi connectivity index (χ0n) is 12.8. The Morgan fingerprint density at radius 1 is 1.29 bits per heavy atom. The van der Waals surface area contributed by atoms with E-state index in [2.05, 4.69) is 5.32 Å². The van der Waals surface area contributed by atoms with E-state index in [4.69, 9.17) is 9.57 Å². The van der Waals surface area contributed by atoms with Crippen molar-refractivity contribution in [3.05, 3.63) is 35.9 Å². The van der Waals surface area contributed by atoms with E-state index >= 15 is 0 Å². The third-order valence-corrected chi connectivity index (χ3v) is 3.67. The first-order valence-corrected chi connectivity index (χ1v) is 7.08. The Balaban J connectivity index is 2.11. The van der Waals surface area contributed by atoms with Gasteiger partial charge in [-0.15, -0.1) is 0 Å². The monoisotopic (exact) mass is 290 g/mol. The standard InChI is InChI=1S/C16H22N2O3/c1-18(21-3)16(19)14-6-4-5-7-15(14)17-12-8-10-13(20-2)11-9-12/h6,8-11,15,17H,4-5,7H2,1-3H3/t15-/m0/s1. The smallest absolute Gasteiger partial charge is 0.274 e. The van der Waals surface area contributed by atoms with Crippen molar-refractivity contribution < 1.29 is 14.4 Å². The highest BCUT2D eigenvalue weighted by molar-refractivity contribution is 5.94. The molecule has 1 aliphatic carbocycles. The summed E-state index contributed by atoms with van der Waals surface area (Å²) >= 11 is 0. The summed E-state index contributed by atoms with van der Waals surface area (Å²) in [5.74, 6) is 0.721. The SMILES string of the molecule is COc1ccc(N[C@H]2CCCC=C2C(=O)N(C)OC)cc1. The molecule has 1 N–H and O–H groups in total. The fourth-order valence-corrected chi connectivity index (χ4v) is 2.42. The molecule has 1 aliphatic rings. The molecule has 1 amide bonds. The number of amides is 1. The van der Waals surface area contributed by atoms with Gasteiger partial charge in [0.2, 0.25) is 0 Å². The lowest BCUT2D eigenvalue weighted by molar-refractivity contribution is -0.164. The molecule has 1 aromatic rings. The highest BCUT2D eigenvalue weighted by Crippen LogP contribution is 2.25. The maximum absolute atomic E-state index is 12.3. The lowest BCUT2D eigenvalue weighted by Gasteiger charge is -2.27. The van der Waals surface area contributed by atoms with Gasteiger partial charge >= 0.3 is 0 Å². The number of rotatable bonds is 5. The number of hydroxylamine groups is 2. The van der Waals surface area contributed by atoms with E-state index in [1.807, 2.05) is 30.3 Å². The molecule has 5 heteroatoms. The number of hydrogen-bond donors (Lipinski definition) is 1. The molecule has 5 nitrogen and oxygen atoms in total. The fourth-order valence-electron chi connectivity index (χ4n) is 2.42. The number of carbonyl (C=O) groups is 1. The molecule has 0 spiro atoms. The van der Waals surface area contributed by atoms with Gasteiger partial charge in [0, 0.05) is 18.3 Å². The number of ether oxygens (including phenoxy) is 1. The first-order chi connectivity index (χ1) is 10.2. The molecule has 0 saturated carbocycles. The van der Waals surface area contributed by atoms with Crippen molar-refractivity contribution in [3.8, 4) is 5.75 Å². The van der Waals surface area contributed by atoms with E-state index in [1.54, 1.807) is 14.2 Å². The molecule has 0 aromatic heterocycles. The number of nitrogens with zero attached hydrogens (tertiary/aromatic N) is 1.